The Morgan fingerprint density at radius 3 is 2.43 bits per heavy atom. The van der Waals surface area contributed by atoms with Crippen molar-refractivity contribution in [1.29, 1.82) is 0 Å². The lowest BCUT2D eigenvalue weighted by Crippen LogP contribution is -2.37. The number of carbonyl (C=O) groups excluding carboxylic acids is 2. The van der Waals surface area contributed by atoms with Crippen LogP contribution in [0.5, 0.6) is 5.75 Å². The van der Waals surface area contributed by atoms with Crippen LogP contribution in [0.1, 0.15) is 37.2 Å². The third kappa shape index (κ3) is 4.87. The molecule has 0 bridgehead atoms. The summed E-state index contributed by atoms with van der Waals surface area (Å²) >= 11 is 0. The number of alkyl halides is 3. The van der Waals surface area contributed by atoms with E-state index in [9.17, 15) is 27.6 Å². The van der Waals surface area contributed by atoms with Crippen LogP contribution in [0, 0.1) is 0 Å². The monoisotopic (exact) mass is 488 g/mol. The molecule has 4 rings (SSSR count). The van der Waals surface area contributed by atoms with Gasteiger partial charge in [-0.15, -0.1) is 0 Å². The first-order valence-corrected chi connectivity index (χ1v) is 11.0. The minimum absolute atomic E-state index is 0.0433. The number of amides is 2. The number of benzene rings is 1. The van der Waals surface area contributed by atoms with Crippen molar-refractivity contribution >= 4 is 17.8 Å². The Kier molecular flexibility index (Phi) is 6.56. The van der Waals surface area contributed by atoms with Gasteiger partial charge in [0.05, 0.1) is 5.70 Å². The first-order chi connectivity index (χ1) is 16.6. The molecule has 1 aliphatic heterocycles. The number of hydrogen-bond donors (Lipinski definition) is 1. The number of nitrogens with zero attached hydrogens (tertiary/aromatic N) is 2. The van der Waals surface area contributed by atoms with E-state index in [-0.39, 0.29) is 24.3 Å². The Balaban J connectivity index is 1.79. The molecule has 2 amide bonds. The average molecular weight is 488 g/mol. The van der Waals surface area contributed by atoms with E-state index in [2.05, 4.69) is 0 Å². The number of hydrogen-bond acceptors (Lipinski definition) is 4. The van der Waals surface area contributed by atoms with Crippen LogP contribution < -0.4 is 4.74 Å². The Hall–Kier alpha value is -3.82. The van der Waals surface area contributed by atoms with E-state index in [0.717, 1.165) is 12.5 Å². The van der Waals surface area contributed by atoms with Gasteiger partial charge in [-0.1, -0.05) is 24.3 Å². The predicted molar refractivity (Wildman–Crippen MR) is 119 cm³/mol. The average Bonchev–Trinajstić information content (AvgIpc) is 2.90. The third-order valence-corrected chi connectivity index (χ3v) is 6.10. The quantitative estimate of drug-likeness (QED) is 0.626. The lowest BCUT2D eigenvalue weighted by molar-refractivity contribution is -0.140. The summed E-state index contributed by atoms with van der Waals surface area (Å²) in [4.78, 5) is 40.5. The van der Waals surface area contributed by atoms with Gasteiger partial charge in [0.25, 0.3) is 0 Å². The van der Waals surface area contributed by atoms with Crippen LogP contribution in [0.3, 0.4) is 0 Å². The normalized spacial score (nSPS) is 20.9. The van der Waals surface area contributed by atoms with E-state index in [0.29, 0.717) is 23.4 Å². The molecule has 1 aromatic rings. The van der Waals surface area contributed by atoms with Crippen molar-refractivity contribution in [3.05, 3.63) is 76.8 Å². The lowest BCUT2D eigenvalue weighted by atomic mass is 9.95. The molecule has 184 valence electrons. The van der Waals surface area contributed by atoms with Crippen LogP contribution in [0.4, 0.5) is 13.2 Å². The molecule has 0 saturated carbocycles. The zero-order valence-electron chi connectivity index (χ0n) is 18.8. The maximum absolute atomic E-state index is 13.9. The second kappa shape index (κ2) is 9.44. The van der Waals surface area contributed by atoms with Crippen LogP contribution in [-0.4, -0.2) is 52.5 Å². The fourth-order valence-corrected chi connectivity index (χ4v) is 4.36. The Morgan fingerprint density at radius 2 is 1.83 bits per heavy atom. The number of carbonyl (C=O) groups is 3. The molecule has 0 spiro atoms. The SMILES string of the molecule is CN1C(=O)C(c2ccc(OCC(=O)O)cc2)C(=O)N(C2=CCCC=C2)C2=C1CCC(C(F)(F)F)=C2. The molecule has 7 nitrogen and oxygen atoms in total. The molecule has 1 atom stereocenters. The number of aliphatic carboxylic acids is 1. The topological polar surface area (TPSA) is 87.1 Å². The molecule has 0 aromatic heterocycles. The zero-order valence-corrected chi connectivity index (χ0v) is 18.8. The molecule has 1 heterocycles. The summed E-state index contributed by atoms with van der Waals surface area (Å²) in [7, 11) is 1.46. The van der Waals surface area contributed by atoms with E-state index in [1.54, 1.807) is 12.2 Å². The molecule has 2 aliphatic carbocycles. The van der Waals surface area contributed by atoms with E-state index >= 15 is 0 Å². The Bertz CT molecular complexity index is 1180. The highest BCUT2D eigenvalue weighted by molar-refractivity contribution is 6.08. The van der Waals surface area contributed by atoms with Gasteiger partial charge >= 0.3 is 12.1 Å². The summed E-state index contributed by atoms with van der Waals surface area (Å²) in [5, 5.41) is 8.77. The number of likely N-dealkylation sites (N-methyl/N-ethyl adjacent to an activating group) is 1. The van der Waals surface area contributed by atoms with Gasteiger partial charge in [0, 0.05) is 24.0 Å². The van der Waals surface area contributed by atoms with Gasteiger partial charge in [-0.25, -0.2) is 4.79 Å². The molecule has 10 heteroatoms. The second-order valence-corrected chi connectivity index (χ2v) is 8.36. The molecule has 3 aliphatic rings. The van der Waals surface area contributed by atoms with E-state index in [1.165, 1.54) is 41.1 Å². The zero-order chi connectivity index (χ0) is 25.3. The molecule has 1 aromatic carbocycles. The molecular formula is C25H23F3N2O5. The molecule has 1 unspecified atom stereocenters. The van der Waals surface area contributed by atoms with Gasteiger partial charge < -0.3 is 14.7 Å². The minimum Gasteiger partial charge on any atom is -0.482 e. The number of carboxylic acid groups (broad SMARTS) is 1. The van der Waals surface area contributed by atoms with E-state index < -0.39 is 42.1 Å². The highest BCUT2D eigenvalue weighted by Crippen LogP contribution is 2.42. The maximum atomic E-state index is 13.9. The maximum Gasteiger partial charge on any atom is 0.412 e. The van der Waals surface area contributed by atoms with E-state index in [4.69, 9.17) is 9.84 Å². The van der Waals surface area contributed by atoms with Crippen molar-refractivity contribution in [2.45, 2.75) is 37.8 Å². The molecule has 0 fully saturated rings. The molecule has 0 saturated heterocycles. The molecular weight excluding hydrogens is 465 g/mol. The van der Waals surface area contributed by atoms with Gasteiger partial charge in [-0.2, -0.15) is 13.2 Å². The molecule has 1 N–H and O–H groups in total. The summed E-state index contributed by atoms with van der Waals surface area (Å²) in [6.45, 7) is -0.553. The summed E-state index contributed by atoms with van der Waals surface area (Å²) in [5.41, 5.74) is 0.377. The van der Waals surface area contributed by atoms with Crippen molar-refractivity contribution in [1.82, 2.24) is 9.80 Å². The second-order valence-electron chi connectivity index (χ2n) is 8.36. The fourth-order valence-electron chi connectivity index (χ4n) is 4.36. The number of allylic oxidation sites excluding steroid dienone is 6. The molecule has 0 radical (unpaired) electrons. The van der Waals surface area contributed by atoms with Gasteiger partial charge in [-0.05, 0) is 55.5 Å². The Morgan fingerprint density at radius 1 is 1.11 bits per heavy atom. The number of ether oxygens (including phenoxy) is 1. The summed E-state index contributed by atoms with van der Waals surface area (Å²) in [6.07, 6.45) is 2.71. The highest BCUT2D eigenvalue weighted by Gasteiger charge is 2.44. The van der Waals surface area contributed by atoms with Crippen molar-refractivity contribution in [3.8, 4) is 5.75 Å². The Labute approximate surface area is 199 Å². The van der Waals surface area contributed by atoms with Gasteiger partial charge in [0.2, 0.25) is 11.8 Å². The van der Waals surface area contributed by atoms with Crippen LogP contribution in [0.25, 0.3) is 0 Å². The number of carboxylic acids is 1. The minimum atomic E-state index is -4.55. The lowest BCUT2D eigenvalue weighted by Gasteiger charge is -2.31. The van der Waals surface area contributed by atoms with Crippen LogP contribution in [-0.2, 0) is 14.4 Å². The van der Waals surface area contributed by atoms with Gasteiger partial charge in [0.15, 0.2) is 6.61 Å². The predicted octanol–water partition coefficient (Wildman–Crippen LogP) is 4.26. The first-order valence-electron chi connectivity index (χ1n) is 11.0. The van der Waals surface area contributed by atoms with Crippen molar-refractivity contribution in [2.75, 3.05) is 13.7 Å². The number of halogens is 3. The fraction of sp³-hybridized carbons (Fsp3) is 0.320. The smallest absolute Gasteiger partial charge is 0.412 e. The largest absolute Gasteiger partial charge is 0.482 e. The van der Waals surface area contributed by atoms with Gasteiger partial charge in [0.1, 0.15) is 11.7 Å². The van der Waals surface area contributed by atoms with Crippen molar-refractivity contribution in [2.24, 2.45) is 0 Å². The summed E-state index contributed by atoms with van der Waals surface area (Å²) in [6, 6.07) is 5.86. The summed E-state index contributed by atoms with van der Waals surface area (Å²) < 4.78 is 45.9. The first kappa shape index (κ1) is 24.3. The summed E-state index contributed by atoms with van der Waals surface area (Å²) in [5.74, 6) is -3.45. The van der Waals surface area contributed by atoms with Crippen molar-refractivity contribution < 1.29 is 37.4 Å². The standard InChI is InChI=1S/C25H23F3N2O5/c1-29-19-12-9-16(25(26,27)28)13-20(19)30(17-5-3-2-4-6-17)24(34)22(23(29)33)15-7-10-18(11-8-15)35-14-21(31)32/h3,5-8,10-11,13,22H,2,4,9,12,14H2,1H3,(H,31,32). The van der Waals surface area contributed by atoms with Gasteiger partial charge in [-0.3, -0.25) is 14.5 Å². The number of rotatable bonds is 5. The highest BCUT2D eigenvalue weighted by atomic mass is 19.4. The van der Waals surface area contributed by atoms with Crippen LogP contribution >= 0.6 is 0 Å². The van der Waals surface area contributed by atoms with Crippen molar-refractivity contribution in [3.63, 3.8) is 0 Å². The molecule has 35 heavy (non-hydrogen) atoms. The van der Waals surface area contributed by atoms with E-state index in [1.807, 2.05) is 6.08 Å². The van der Waals surface area contributed by atoms with Crippen LogP contribution in [0.15, 0.2) is 71.2 Å². The third-order valence-electron chi connectivity index (χ3n) is 6.10. The van der Waals surface area contributed by atoms with Crippen LogP contribution in [0.2, 0.25) is 0 Å².